The van der Waals surface area contributed by atoms with Crippen molar-refractivity contribution in [2.24, 2.45) is 4.40 Å². The zero-order valence-electron chi connectivity index (χ0n) is 7.87. The van der Waals surface area contributed by atoms with E-state index < -0.39 is 15.9 Å². The van der Waals surface area contributed by atoms with Gasteiger partial charge in [-0.15, -0.1) is 0 Å². The van der Waals surface area contributed by atoms with Crippen LogP contribution in [0.5, 0.6) is 0 Å². The van der Waals surface area contributed by atoms with Gasteiger partial charge in [-0.1, -0.05) is 0 Å². The van der Waals surface area contributed by atoms with E-state index in [1.54, 1.807) is 12.1 Å². The Morgan fingerprint density at radius 1 is 1.25 bits per heavy atom. The Kier molecular flexibility index (Phi) is 5.25. The summed E-state index contributed by atoms with van der Waals surface area (Å²) in [5.74, 6) is -0.715. The van der Waals surface area contributed by atoms with Crippen LogP contribution < -0.4 is 5.11 Å². The van der Waals surface area contributed by atoms with Gasteiger partial charge in [0.05, 0.1) is 6.26 Å². The second-order valence-corrected chi connectivity index (χ2v) is 8.09. The molecule has 0 spiro atoms. The minimum Gasteiger partial charge on any atom is -0.858 e. The molecule has 0 bridgehead atoms. The fourth-order valence-corrected chi connectivity index (χ4v) is 5.38. The number of sulfonamides is 1. The summed E-state index contributed by atoms with van der Waals surface area (Å²) in [6, 6.07) is 3.60. The van der Waals surface area contributed by atoms with Crippen molar-refractivity contribution in [3.8, 4) is 0 Å². The van der Waals surface area contributed by atoms with Crippen molar-refractivity contribution < 1.29 is 13.5 Å². The summed E-state index contributed by atoms with van der Waals surface area (Å²) >= 11 is 6.12. The molecule has 88 valence electrons. The summed E-state index contributed by atoms with van der Waals surface area (Å²) in [5, 5.41) is 11.7. The molecule has 0 radical (unpaired) electrons. The molecular weight excluding hydrogens is 571 g/mol. The molecule has 0 fully saturated rings. The van der Waals surface area contributed by atoms with Crippen molar-refractivity contribution >= 4 is 83.7 Å². The Bertz CT molecular complexity index is 531. The minimum atomic E-state index is -3.65. The van der Waals surface area contributed by atoms with Crippen molar-refractivity contribution in [2.45, 2.75) is 0 Å². The van der Waals surface area contributed by atoms with E-state index in [2.05, 4.69) is 27.0 Å². The maximum atomic E-state index is 11.7. The predicted molar refractivity (Wildman–Crippen MR) is 86.0 cm³/mol. The molecule has 0 unspecified atom stereocenters. The van der Waals surface area contributed by atoms with Gasteiger partial charge in [-0.25, -0.2) is 8.42 Å². The number of rotatable bonds is 2. The molecule has 4 nitrogen and oxygen atoms in total. The normalized spacial score (nSPS) is 12.9. The highest BCUT2D eigenvalue weighted by Crippen LogP contribution is 2.22. The average Bonchev–Trinajstić information content (AvgIpc) is 1.96. The van der Waals surface area contributed by atoms with Gasteiger partial charge in [0.1, 0.15) is 0 Å². The van der Waals surface area contributed by atoms with Crippen molar-refractivity contribution in [1.29, 1.82) is 0 Å². The van der Waals surface area contributed by atoms with E-state index in [9.17, 15) is 13.5 Å². The Balaban J connectivity index is 3.41. The van der Waals surface area contributed by atoms with E-state index in [-0.39, 0.29) is 0 Å². The monoisotopic (exact) mass is 576 g/mol. The molecule has 1 rings (SSSR count). The van der Waals surface area contributed by atoms with Crippen LogP contribution in [0.2, 0.25) is 0 Å². The first-order chi connectivity index (χ1) is 7.20. The summed E-state index contributed by atoms with van der Waals surface area (Å²) in [5.41, 5.74) is 0.340. The van der Waals surface area contributed by atoms with Crippen LogP contribution >= 0.6 is 67.8 Å². The van der Waals surface area contributed by atoms with Gasteiger partial charge in [0, 0.05) is 22.2 Å². The molecule has 0 aliphatic carbocycles. The maximum absolute atomic E-state index is 11.7. The Morgan fingerprint density at radius 3 is 2.06 bits per heavy atom. The fraction of sp³-hybridized carbons (Fsp3) is 0.125. The lowest BCUT2D eigenvalue weighted by Crippen LogP contribution is -2.23. The van der Waals surface area contributed by atoms with Gasteiger partial charge in [-0.2, -0.15) is 4.40 Å². The summed E-state index contributed by atoms with van der Waals surface area (Å²) in [6.07, 6.45) is 0.900. The van der Waals surface area contributed by atoms with E-state index in [0.717, 1.165) is 9.83 Å². The van der Waals surface area contributed by atoms with Crippen LogP contribution in [-0.4, -0.2) is 20.6 Å². The summed E-state index contributed by atoms with van der Waals surface area (Å²) in [6.45, 7) is 0. The van der Waals surface area contributed by atoms with E-state index in [1.165, 1.54) is 0 Å². The summed E-state index contributed by atoms with van der Waals surface area (Å²) in [7, 11) is -3.65. The van der Waals surface area contributed by atoms with Gasteiger partial charge in [-0.3, -0.25) is 0 Å². The number of benzene rings is 1. The number of hydrogen-bond acceptors (Lipinski definition) is 3. The second kappa shape index (κ2) is 5.65. The molecule has 0 saturated carbocycles. The molecule has 16 heavy (non-hydrogen) atoms. The molecule has 1 aromatic carbocycles. The summed E-state index contributed by atoms with van der Waals surface area (Å²) in [4.78, 5) is 0. The van der Waals surface area contributed by atoms with Gasteiger partial charge in [-0.05, 0) is 79.9 Å². The zero-order valence-corrected chi connectivity index (χ0v) is 15.2. The molecule has 0 amide bonds. The van der Waals surface area contributed by atoms with E-state index in [0.29, 0.717) is 12.7 Å². The quantitative estimate of drug-likeness (QED) is 0.306. The fourth-order valence-electron chi connectivity index (χ4n) is 0.943. The molecule has 0 atom stereocenters. The largest absolute Gasteiger partial charge is 0.858 e. The first-order valence-electron chi connectivity index (χ1n) is 3.82. The van der Waals surface area contributed by atoms with Gasteiger partial charge < -0.3 is 5.11 Å². The molecule has 0 heterocycles. The third-order valence-electron chi connectivity index (χ3n) is 1.47. The Labute approximate surface area is 134 Å². The molecule has 0 N–H and O–H groups in total. The van der Waals surface area contributed by atoms with Crippen LogP contribution in [0.1, 0.15) is 5.56 Å². The lowest BCUT2D eigenvalue weighted by molar-refractivity contribution is -0.212. The van der Waals surface area contributed by atoms with Crippen LogP contribution in [0.15, 0.2) is 16.5 Å². The third kappa shape index (κ3) is 4.25. The third-order valence-corrected chi connectivity index (χ3v) is 4.29. The van der Waals surface area contributed by atoms with Crippen molar-refractivity contribution in [1.82, 2.24) is 0 Å². The molecule has 8 heteroatoms. The standard InChI is InChI=1S/C8H6I3NO3S/c1-16(14,15)12-8(13)7-5(10)2-4(9)3-6(7)11/h2-3H,1H3,(H,12,13)/p-1. The van der Waals surface area contributed by atoms with Crippen LogP contribution in [0.3, 0.4) is 0 Å². The predicted octanol–water partition coefficient (Wildman–Crippen LogP) is 1.57. The molecular formula is C8H5I3NO3S-. The van der Waals surface area contributed by atoms with Crippen molar-refractivity contribution in [3.63, 3.8) is 0 Å². The van der Waals surface area contributed by atoms with Gasteiger partial charge in [0.15, 0.2) is 0 Å². The van der Waals surface area contributed by atoms with Crippen molar-refractivity contribution in [2.75, 3.05) is 6.26 Å². The van der Waals surface area contributed by atoms with E-state index >= 15 is 0 Å². The van der Waals surface area contributed by atoms with Gasteiger partial charge in [0.25, 0.3) is 0 Å². The molecule has 0 aliphatic heterocycles. The first-order valence-corrected chi connectivity index (χ1v) is 8.91. The van der Waals surface area contributed by atoms with Crippen LogP contribution in [0, 0.1) is 10.7 Å². The van der Waals surface area contributed by atoms with Gasteiger partial charge in [0.2, 0.25) is 10.0 Å². The topological polar surface area (TPSA) is 69.6 Å². The highest BCUT2D eigenvalue weighted by atomic mass is 127. The SMILES string of the molecule is CS(=O)(=O)/N=C(\[O-])c1c(I)cc(I)cc1I. The Morgan fingerprint density at radius 2 is 1.69 bits per heavy atom. The van der Waals surface area contributed by atoms with E-state index in [1.807, 2.05) is 45.2 Å². The number of hydrogen-bond donors (Lipinski definition) is 0. The van der Waals surface area contributed by atoms with E-state index in [4.69, 9.17) is 0 Å². The second-order valence-electron chi connectivity index (χ2n) is 2.87. The molecule has 0 aromatic heterocycles. The zero-order chi connectivity index (χ0) is 12.5. The maximum Gasteiger partial charge on any atom is 0.249 e. The number of halogens is 3. The lowest BCUT2D eigenvalue weighted by atomic mass is 10.2. The molecule has 0 saturated heterocycles. The number of nitrogens with zero attached hydrogens (tertiary/aromatic N) is 1. The molecule has 1 aromatic rings. The van der Waals surface area contributed by atoms with Crippen molar-refractivity contribution in [3.05, 3.63) is 28.4 Å². The summed E-state index contributed by atoms with van der Waals surface area (Å²) < 4.78 is 27.4. The highest BCUT2D eigenvalue weighted by Gasteiger charge is 2.08. The first kappa shape index (κ1) is 14.9. The van der Waals surface area contributed by atoms with Crippen LogP contribution in [0.4, 0.5) is 0 Å². The lowest BCUT2D eigenvalue weighted by Gasteiger charge is -2.14. The van der Waals surface area contributed by atoms with Crippen LogP contribution in [0.25, 0.3) is 0 Å². The molecule has 0 aliphatic rings. The average molecular weight is 576 g/mol. The Hall–Kier alpha value is 0.830. The van der Waals surface area contributed by atoms with Gasteiger partial charge >= 0.3 is 0 Å². The van der Waals surface area contributed by atoms with Crippen LogP contribution in [-0.2, 0) is 10.0 Å². The highest BCUT2D eigenvalue weighted by molar-refractivity contribution is 14.1. The minimum absolute atomic E-state index is 0.340. The smallest absolute Gasteiger partial charge is 0.249 e.